The standard InChI is InChI=1S/C8H9NO/c1-2-8-6-4-9-3-5(6)7(1)10-8/h1-3,5-8H,4H2/t5-,6+,7-,8+/m1/s1. The number of hydrogen-bond acceptors (Lipinski definition) is 2. The molecule has 0 aromatic carbocycles. The molecule has 0 spiro atoms. The third kappa shape index (κ3) is 0.430. The maximum atomic E-state index is 5.64. The molecular weight excluding hydrogens is 126 g/mol. The van der Waals surface area contributed by atoms with Crippen LogP contribution in [0.2, 0.25) is 0 Å². The molecule has 10 heavy (non-hydrogen) atoms. The first-order valence-electron chi connectivity index (χ1n) is 3.79. The van der Waals surface area contributed by atoms with Crippen LogP contribution in [0.15, 0.2) is 17.1 Å². The summed E-state index contributed by atoms with van der Waals surface area (Å²) in [5.41, 5.74) is 0. The first-order chi connectivity index (χ1) is 4.95. The Morgan fingerprint density at radius 1 is 1.30 bits per heavy atom. The van der Waals surface area contributed by atoms with E-state index in [0.717, 1.165) is 6.54 Å². The Bertz CT molecular complexity index is 221. The fourth-order valence-electron chi connectivity index (χ4n) is 2.14. The zero-order valence-electron chi connectivity index (χ0n) is 5.60. The molecule has 0 aromatic heterocycles. The summed E-state index contributed by atoms with van der Waals surface area (Å²) in [4.78, 5) is 4.26. The van der Waals surface area contributed by atoms with Crippen molar-refractivity contribution in [2.45, 2.75) is 12.2 Å². The van der Waals surface area contributed by atoms with Gasteiger partial charge in [-0.2, -0.15) is 0 Å². The van der Waals surface area contributed by atoms with E-state index in [9.17, 15) is 0 Å². The lowest BCUT2D eigenvalue weighted by Gasteiger charge is -2.13. The third-order valence-corrected chi connectivity index (χ3v) is 2.69. The van der Waals surface area contributed by atoms with Crippen LogP contribution in [0, 0.1) is 11.8 Å². The molecule has 3 aliphatic heterocycles. The van der Waals surface area contributed by atoms with Gasteiger partial charge in [-0.3, -0.25) is 4.99 Å². The minimum Gasteiger partial charge on any atom is -0.366 e. The van der Waals surface area contributed by atoms with Crippen LogP contribution in [0.1, 0.15) is 0 Å². The predicted octanol–water partition coefficient (Wildman–Crippen LogP) is 0.640. The summed E-state index contributed by atoms with van der Waals surface area (Å²) >= 11 is 0. The van der Waals surface area contributed by atoms with Crippen molar-refractivity contribution in [1.82, 2.24) is 0 Å². The van der Waals surface area contributed by atoms with E-state index in [1.807, 2.05) is 0 Å². The fourth-order valence-corrected chi connectivity index (χ4v) is 2.14. The summed E-state index contributed by atoms with van der Waals surface area (Å²) in [5, 5.41) is 0. The molecule has 3 rings (SSSR count). The maximum absolute atomic E-state index is 5.64. The Kier molecular flexibility index (Phi) is 0.765. The van der Waals surface area contributed by atoms with Crippen LogP contribution < -0.4 is 0 Å². The van der Waals surface area contributed by atoms with E-state index in [-0.39, 0.29) is 0 Å². The molecule has 4 atom stereocenters. The van der Waals surface area contributed by atoms with Crippen LogP contribution in [0.5, 0.6) is 0 Å². The van der Waals surface area contributed by atoms with Crippen LogP contribution >= 0.6 is 0 Å². The van der Waals surface area contributed by atoms with E-state index in [1.165, 1.54) is 0 Å². The van der Waals surface area contributed by atoms with Crippen molar-refractivity contribution in [2.75, 3.05) is 6.54 Å². The molecule has 52 valence electrons. The van der Waals surface area contributed by atoms with E-state index in [0.29, 0.717) is 24.0 Å². The fraction of sp³-hybridized carbons (Fsp3) is 0.625. The Balaban J connectivity index is 2.04. The van der Waals surface area contributed by atoms with Gasteiger partial charge in [0, 0.05) is 24.6 Å². The third-order valence-electron chi connectivity index (χ3n) is 2.69. The minimum absolute atomic E-state index is 0.362. The van der Waals surface area contributed by atoms with Crippen molar-refractivity contribution in [2.24, 2.45) is 16.8 Å². The van der Waals surface area contributed by atoms with Gasteiger partial charge in [0.25, 0.3) is 0 Å². The number of rotatable bonds is 0. The van der Waals surface area contributed by atoms with Crippen LogP contribution in [-0.2, 0) is 4.74 Å². The molecule has 2 heteroatoms. The molecule has 2 nitrogen and oxygen atoms in total. The van der Waals surface area contributed by atoms with Crippen molar-refractivity contribution < 1.29 is 4.74 Å². The second-order valence-corrected chi connectivity index (χ2v) is 3.21. The quantitative estimate of drug-likeness (QED) is 0.447. The van der Waals surface area contributed by atoms with E-state index >= 15 is 0 Å². The molecule has 3 aliphatic rings. The number of fused-ring (bicyclic) bond motifs is 5. The largest absolute Gasteiger partial charge is 0.366 e. The van der Waals surface area contributed by atoms with E-state index in [1.54, 1.807) is 0 Å². The number of ether oxygens (including phenoxy) is 1. The lowest BCUT2D eigenvalue weighted by atomic mass is 9.86. The van der Waals surface area contributed by atoms with Gasteiger partial charge >= 0.3 is 0 Å². The molecule has 0 amide bonds. The highest BCUT2D eigenvalue weighted by atomic mass is 16.5. The highest BCUT2D eigenvalue weighted by Gasteiger charge is 2.46. The average molecular weight is 135 g/mol. The topological polar surface area (TPSA) is 21.6 Å². The summed E-state index contributed by atoms with van der Waals surface area (Å²) < 4.78 is 5.64. The Morgan fingerprint density at radius 3 is 3.10 bits per heavy atom. The second-order valence-electron chi connectivity index (χ2n) is 3.21. The summed E-state index contributed by atoms with van der Waals surface area (Å²) in [5.74, 6) is 1.28. The minimum atomic E-state index is 0.362. The first-order valence-corrected chi connectivity index (χ1v) is 3.79. The maximum Gasteiger partial charge on any atom is 0.0846 e. The predicted molar refractivity (Wildman–Crippen MR) is 38.1 cm³/mol. The van der Waals surface area contributed by atoms with Gasteiger partial charge < -0.3 is 4.74 Å². The molecule has 1 fully saturated rings. The number of aliphatic imine (C=N–C) groups is 1. The Morgan fingerprint density at radius 2 is 2.20 bits per heavy atom. The van der Waals surface area contributed by atoms with E-state index < -0.39 is 0 Å². The van der Waals surface area contributed by atoms with Crippen molar-refractivity contribution >= 4 is 6.21 Å². The zero-order valence-corrected chi connectivity index (χ0v) is 5.60. The van der Waals surface area contributed by atoms with Gasteiger partial charge in [0.05, 0.1) is 12.2 Å². The molecule has 0 radical (unpaired) electrons. The molecular formula is C8H9NO. The lowest BCUT2D eigenvalue weighted by Crippen LogP contribution is -2.22. The first kappa shape index (κ1) is 5.08. The van der Waals surface area contributed by atoms with Crippen LogP contribution in [0.4, 0.5) is 0 Å². The van der Waals surface area contributed by atoms with Crippen LogP contribution in [-0.4, -0.2) is 25.0 Å². The molecule has 1 saturated heterocycles. The van der Waals surface area contributed by atoms with Gasteiger partial charge in [-0.15, -0.1) is 0 Å². The highest BCUT2D eigenvalue weighted by Crippen LogP contribution is 2.40. The van der Waals surface area contributed by atoms with Crippen molar-refractivity contribution in [3.63, 3.8) is 0 Å². The van der Waals surface area contributed by atoms with E-state index in [4.69, 9.17) is 4.74 Å². The Labute approximate surface area is 59.6 Å². The number of hydrogen-bond donors (Lipinski definition) is 0. The molecule has 2 bridgehead atoms. The molecule has 3 heterocycles. The van der Waals surface area contributed by atoms with E-state index in [2.05, 4.69) is 23.4 Å². The summed E-state index contributed by atoms with van der Waals surface area (Å²) in [6, 6.07) is 0. The summed E-state index contributed by atoms with van der Waals surface area (Å²) in [6.45, 7) is 0.982. The van der Waals surface area contributed by atoms with Crippen molar-refractivity contribution in [3.8, 4) is 0 Å². The highest BCUT2D eigenvalue weighted by molar-refractivity contribution is 5.66. The van der Waals surface area contributed by atoms with Crippen LogP contribution in [0.25, 0.3) is 0 Å². The van der Waals surface area contributed by atoms with Gasteiger partial charge in [-0.05, 0) is 0 Å². The van der Waals surface area contributed by atoms with Gasteiger partial charge in [-0.1, -0.05) is 12.2 Å². The molecule has 0 aliphatic carbocycles. The van der Waals surface area contributed by atoms with Crippen molar-refractivity contribution in [3.05, 3.63) is 12.2 Å². The SMILES string of the molecule is C1=C[C@H]2O[C@@H]1[C@H]1CN=C[C@H]12. The second kappa shape index (κ2) is 1.51. The normalized spacial score (nSPS) is 54.4. The summed E-state index contributed by atoms with van der Waals surface area (Å²) in [6.07, 6.45) is 7.17. The van der Waals surface area contributed by atoms with Crippen molar-refractivity contribution in [1.29, 1.82) is 0 Å². The van der Waals surface area contributed by atoms with Gasteiger partial charge in [0.2, 0.25) is 0 Å². The molecule has 0 aromatic rings. The molecule has 0 N–H and O–H groups in total. The van der Waals surface area contributed by atoms with Gasteiger partial charge in [-0.25, -0.2) is 0 Å². The monoisotopic (exact) mass is 135 g/mol. The molecule has 0 saturated carbocycles. The van der Waals surface area contributed by atoms with Gasteiger partial charge in [0.15, 0.2) is 0 Å². The Hall–Kier alpha value is -0.630. The van der Waals surface area contributed by atoms with Gasteiger partial charge in [0.1, 0.15) is 0 Å². The smallest absolute Gasteiger partial charge is 0.0846 e. The zero-order chi connectivity index (χ0) is 6.55. The lowest BCUT2D eigenvalue weighted by molar-refractivity contribution is 0.106. The summed E-state index contributed by atoms with van der Waals surface area (Å²) in [7, 11) is 0. The molecule has 0 unspecified atom stereocenters. The average Bonchev–Trinajstić information content (AvgIpc) is 2.60. The van der Waals surface area contributed by atoms with Crippen LogP contribution in [0.3, 0.4) is 0 Å². The number of nitrogens with zero attached hydrogens (tertiary/aromatic N) is 1.